The molecule has 0 saturated carbocycles. The largest absolute Gasteiger partial charge is 0.465 e. The number of nitrogens with zero attached hydrogens (tertiary/aromatic N) is 2. The number of piperidine rings is 1. The zero-order chi connectivity index (χ0) is 20.9. The Morgan fingerprint density at radius 3 is 2.46 bits per heavy atom. The molecule has 1 N–H and O–H groups in total. The highest BCUT2D eigenvalue weighted by atomic mass is 32.2. The van der Waals surface area contributed by atoms with Crippen LogP contribution in [-0.4, -0.2) is 77.5 Å². The van der Waals surface area contributed by atoms with E-state index in [1.807, 2.05) is 11.2 Å². The lowest BCUT2D eigenvalue weighted by Gasteiger charge is -2.44. The molecule has 7 nitrogen and oxygen atoms in total. The third-order valence-corrected chi connectivity index (χ3v) is 6.00. The van der Waals surface area contributed by atoms with E-state index in [4.69, 9.17) is 4.74 Å². The second-order valence-corrected chi connectivity index (χ2v) is 9.84. The van der Waals surface area contributed by atoms with Gasteiger partial charge in [-0.1, -0.05) is 20.8 Å². The standard InChI is InChI=1S/C20H35N3O4S/c1-6-27-17(25)14-23-18(26)15(7-12-28-5)21-20(23)8-10-22(11-9-20)16(24)13-19(2,3)4/h15,21H,6-14H2,1-5H3. The molecule has 0 aliphatic carbocycles. The van der Waals surface area contributed by atoms with Gasteiger partial charge in [0.15, 0.2) is 0 Å². The van der Waals surface area contributed by atoms with Gasteiger partial charge in [0, 0.05) is 32.4 Å². The summed E-state index contributed by atoms with van der Waals surface area (Å²) in [7, 11) is 0. The van der Waals surface area contributed by atoms with Crippen LogP contribution in [0.1, 0.15) is 53.4 Å². The first-order chi connectivity index (χ1) is 13.1. The summed E-state index contributed by atoms with van der Waals surface area (Å²) in [5.74, 6) is 0.621. The maximum absolute atomic E-state index is 13.0. The number of nitrogens with one attached hydrogen (secondary N) is 1. The fraction of sp³-hybridized carbons (Fsp3) is 0.850. The van der Waals surface area contributed by atoms with E-state index < -0.39 is 5.66 Å². The van der Waals surface area contributed by atoms with Crippen LogP contribution in [0.4, 0.5) is 0 Å². The van der Waals surface area contributed by atoms with Crippen LogP contribution in [0.3, 0.4) is 0 Å². The molecule has 1 atom stereocenters. The van der Waals surface area contributed by atoms with Crippen molar-refractivity contribution < 1.29 is 19.1 Å². The van der Waals surface area contributed by atoms with Crippen LogP contribution in [0.25, 0.3) is 0 Å². The molecule has 2 aliphatic heterocycles. The van der Waals surface area contributed by atoms with E-state index >= 15 is 0 Å². The van der Waals surface area contributed by atoms with E-state index in [9.17, 15) is 14.4 Å². The van der Waals surface area contributed by atoms with Gasteiger partial charge in [-0.25, -0.2) is 0 Å². The van der Waals surface area contributed by atoms with Gasteiger partial charge in [-0.05, 0) is 30.8 Å². The van der Waals surface area contributed by atoms with Gasteiger partial charge >= 0.3 is 5.97 Å². The second kappa shape index (κ2) is 9.48. The molecule has 1 unspecified atom stereocenters. The number of hydrogen-bond acceptors (Lipinski definition) is 6. The highest BCUT2D eigenvalue weighted by Gasteiger charge is 2.52. The Balaban J connectivity index is 2.10. The van der Waals surface area contributed by atoms with Crippen LogP contribution in [0.5, 0.6) is 0 Å². The van der Waals surface area contributed by atoms with E-state index in [2.05, 4.69) is 26.1 Å². The van der Waals surface area contributed by atoms with E-state index in [1.54, 1.807) is 23.6 Å². The minimum absolute atomic E-state index is 0.0310. The predicted octanol–water partition coefficient (Wildman–Crippen LogP) is 1.86. The van der Waals surface area contributed by atoms with Gasteiger partial charge in [-0.15, -0.1) is 0 Å². The normalized spacial score (nSPS) is 22.0. The molecule has 0 aromatic heterocycles. The molecule has 2 aliphatic rings. The van der Waals surface area contributed by atoms with Crippen molar-refractivity contribution in [3.63, 3.8) is 0 Å². The molecular formula is C20H35N3O4S. The Morgan fingerprint density at radius 2 is 1.93 bits per heavy atom. The average molecular weight is 414 g/mol. The molecule has 2 heterocycles. The third-order valence-electron chi connectivity index (χ3n) is 5.35. The molecule has 0 aromatic carbocycles. The average Bonchev–Trinajstić information content (AvgIpc) is 2.85. The van der Waals surface area contributed by atoms with E-state index in [0.29, 0.717) is 39.0 Å². The molecule has 160 valence electrons. The first-order valence-electron chi connectivity index (χ1n) is 10.1. The summed E-state index contributed by atoms with van der Waals surface area (Å²) in [6.07, 6.45) is 4.52. The Labute approximate surface area is 172 Å². The van der Waals surface area contributed by atoms with E-state index in [1.165, 1.54) is 0 Å². The fourth-order valence-electron chi connectivity index (χ4n) is 3.97. The monoisotopic (exact) mass is 413 g/mol. The van der Waals surface area contributed by atoms with Crippen molar-refractivity contribution in [2.75, 3.05) is 38.2 Å². The highest BCUT2D eigenvalue weighted by molar-refractivity contribution is 7.98. The van der Waals surface area contributed by atoms with E-state index in [0.717, 1.165) is 12.2 Å². The molecule has 0 radical (unpaired) electrons. The molecule has 1 spiro atoms. The lowest BCUT2D eigenvalue weighted by molar-refractivity contribution is -0.152. The summed E-state index contributed by atoms with van der Waals surface area (Å²) in [4.78, 5) is 41.2. The summed E-state index contributed by atoms with van der Waals surface area (Å²) in [5.41, 5.74) is -0.613. The van der Waals surface area contributed by atoms with Crippen LogP contribution in [0.15, 0.2) is 0 Å². The highest BCUT2D eigenvalue weighted by Crippen LogP contribution is 2.34. The molecule has 8 heteroatoms. The topological polar surface area (TPSA) is 79.0 Å². The molecular weight excluding hydrogens is 378 g/mol. The molecule has 2 rings (SSSR count). The van der Waals surface area contributed by atoms with Crippen molar-refractivity contribution in [2.45, 2.75) is 65.1 Å². The van der Waals surface area contributed by atoms with Crippen LogP contribution in [-0.2, 0) is 19.1 Å². The fourth-order valence-corrected chi connectivity index (χ4v) is 4.44. The lowest BCUT2D eigenvalue weighted by Crippen LogP contribution is -2.60. The number of carbonyl (C=O) groups is 3. The maximum Gasteiger partial charge on any atom is 0.325 e. The summed E-state index contributed by atoms with van der Waals surface area (Å²) < 4.78 is 5.09. The quantitative estimate of drug-likeness (QED) is 0.642. The molecule has 2 saturated heterocycles. The minimum atomic E-state index is -0.564. The number of amides is 2. The van der Waals surface area contributed by atoms with Crippen molar-refractivity contribution in [1.29, 1.82) is 0 Å². The Morgan fingerprint density at radius 1 is 1.29 bits per heavy atom. The minimum Gasteiger partial charge on any atom is -0.465 e. The first-order valence-corrected chi connectivity index (χ1v) is 11.5. The van der Waals surface area contributed by atoms with Gasteiger partial charge in [-0.2, -0.15) is 11.8 Å². The Kier molecular flexibility index (Phi) is 7.79. The van der Waals surface area contributed by atoms with Crippen LogP contribution in [0, 0.1) is 5.41 Å². The first kappa shape index (κ1) is 23.0. The van der Waals surface area contributed by atoms with Crippen molar-refractivity contribution in [3.8, 4) is 0 Å². The SMILES string of the molecule is CCOC(=O)CN1C(=O)C(CCSC)NC12CCN(C(=O)CC(C)(C)C)CC2. The molecule has 0 aromatic rings. The van der Waals surface area contributed by atoms with Crippen molar-refractivity contribution >= 4 is 29.5 Å². The van der Waals surface area contributed by atoms with E-state index in [-0.39, 0.29) is 35.8 Å². The molecule has 2 fully saturated rings. The predicted molar refractivity (Wildman–Crippen MR) is 111 cm³/mol. The second-order valence-electron chi connectivity index (χ2n) is 8.86. The lowest BCUT2D eigenvalue weighted by atomic mass is 9.90. The van der Waals surface area contributed by atoms with Gasteiger partial charge in [0.25, 0.3) is 0 Å². The maximum atomic E-state index is 13.0. The summed E-state index contributed by atoms with van der Waals surface area (Å²) in [5, 5.41) is 3.51. The van der Waals surface area contributed by atoms with Crippen LogP contribution < -0.4 is 5.32 Å². The van der Waals surface area contributed by atoms with Crippen molar-refractivity contribution in [1.82, 2.24) is 15.1 Å². The van der Waals surface area contributed by atoms with Crippen molar-refractivity contribution in [3.05, 3.63) is 0 Å². The zero-order valence-corrected chi connectivity index (χ0v) is 18.7. The van der Waals surface area contributed by atoms with Gasteiger partial charge < -0.3 is 14.5 Å². The number of ether oxygens (including phenoxy) is 1. The summed E-state index contributed by atoms with van der Waals surface area (Å²) >= 11 is 1.70. The van der Waals surface area contributed by atoms with Gasteiger partial charge in [0.05, 0.1) is 18.3 Å². The number of esters is 1. The van der Waals surface area contributed by atoms with Crippen molar-refractivity contribution in [2.24, 2.45) is 5.41 Å². The zero-order valence-electron chi connectivity index (χ0n) is 17.9. The number of carbonyl (C=O) groups excluding carboxylic acids is 3. The van der Waals surface area contributed by atoms with Crippen LogP contribution in [0.2, 0.25) is 0 Å². The third kappa shape index (κ3) is 5.63. The molecule has 0 bridgehead atoms. The molecule has 2 amide bonds. The summed E-state index contributed by atoms with van der Waals surface area (Å²) in [6.45, 7) is 9.38. The Bertz CT molecular complexity index is 582. The number of thioether (sulfide) groups is 1. The molecule has 28 heavy (non-hydrogen) atoms. The summed E-state index contributed by atoms with van der Waals surface area (Å²) in [6, 6.07) is -0.279. The smallest absolute Gasteiger partial charge is 0.325 e. The number of hydrogen-bond donors (Lipinski definition) is 1. The number of rotatable bonds is 7. The van der Waals surface area contributed by atoms with Gasteiger partial charge in [0.1, 0.15) is 6.54 Å². The van der Waals surface area contributed by atoms with Gasteiger partial charge in [0.2, 0.25) is 11.8 Å². The van der Waals surface area contributed by atoms with Crippen LogP contribution >= 0.6 is 11.8 Å². The Hall–Kier alpha value is -1.28. The number of likely N-dealkylation sites (tertiary alicyclic amines) is 1. The van der Waals surface area contributed by atoms with Gasteiger partial charge in [-0.3, -0.25) is 19.7 Å².